The van der Waals surface area contributed by atoms with Crippen molar-refractivity contribution in [3.05, 3.63) is 28.2 Å². The van der Waals surface area contributed by atoms with Crippen molar-refractivity contribution in [3.8, 4) is 0 Å². The molecule has 0 bridgehead atoms. The number of benzene rings is 1. The molecule has 2 aliphatic rings. The average molecular weight is 338 g/mol. The fourth-order valence-electron chi connectivity index (χ4n) is 3.94. The zero-order valence-corrected chi connectivity index (χ0v) is 13.8. The Morgan fingerprint density at radius 1 is 1.20 bits per heavy atom. The third kappa shape index (κ3) is 2.75. The van der Waals surface area contributed by atoms with E-state index < -0.39 is 6.10 Å². The molecule has 0 aromatic heterocycles. The van der Waals surface area contributed by atoms with E-state index in [9.17, 15) is 5.11 Å². The number of halogens is 1. The van der Waals surface area contributed by atoms with E-state index in [4.69, 9.17) is 0 Å². The fraction of sp³-hybridized carbons (Fsp3) is 0.647. The van der Waals surface area contributed by atoms with Crippen molar-refractivity contribution < 1.29 is 5.11 Å². The molecule has 3 rings (SSSR count). The molecule has 2 fully saturated rings. The van der Waals surface area contributed by atoms with E-state index in [1.807, 2.05) is 6.92 Å². The van der Waals surface area contributed by atoms with Gasteiger partial charge in [-0.15, -0.1) is 0 Å². The van der Waals surface area contributed by atoms with Gasteiger partial charge in [-0.25, -0.2) is 0 Å². The minimum absolute atomic E-state index is 0.399. The Labute approximate surface area is 130 Å². The number of anilines is 1. The number of aliphatic hydroxyl groups excluding tert-OH is 1. The quantitative estimate of drug-likeness (QED) is 0.848. The van der Waals surface area contributed by atoms with Gasteiger partial charge in [0, 0.05) is 17.1 Å². The number of nitrogens with zero attached hydrogens (tertiary/aromatic N) is 1. The molecule has 20 heavy (non-hydrogen) atoms. The van der Waals surface area contributed by atoms with Gasteiger partial charge in [-0.2, -0.15) is 0 Å². The van der Waals surface area contributed by atoms with Gasteiger partial charge in [0.05, 0.1) is 11.8 Å². The summed E-state index contributed by atoms with van der Waals surface area (Å²) in [5, 5.41) is 9.70. The first-order chi connectivity index (χ1) is 9.66. The number of hydrogen-bond donors (Lipinski definition) is 1. The van der Waals surface area contributed by atoms with Crippen LogP contribution in [0.25, 0.3) is 0 Å². The Balaban J connectivity index is 1.87. The number of hydrogen-bond acceptors (Lipinski definition) is 2. The first kappa shape index (κ1) is 14.4. The summed E-state index contributed by atoms with van der Waals surface area (Å²) < 4.78 is 1.13. The molecule has 0 amide bonds. The molecule has 0 spiro atoms. The van der Waals surface area contributed by atoms with Gasteiger partial charge in [0.15, 0.2) is 0 Å². The lowest BCUT2D eigenvalue weighted by Gasteiger charge is -2.45. The summed E-state index contributed by atoms with van der Waals surface area (Å²) in [6.07, 6.45) is 7.86. The van der Waals surface area contributed by atoms with Crippen LogP contribution in [0.15, 0.2) is 22.7 Å². The van der Waals surface area contributed by atoms with E-state index in [2.05, 4.69) is 39.0 Å². The maximum atomic E-state index is 9.70. The second-order valence-corrected chi connectivity index (χ2v) is 7.19. The first-order valence-corrected chi connectivity index (χ1v) is 8.70. The molecule has 3 atom stereocenters. The summed E-state index contributed by atoms with van der Waals surface area (Å²) in [4.78, 5) is 2.61. The molecule has 1 aromatic carbocycles. The molecule has 1 heterocycles. The molecule has 1 aliphatic carbocycles. The van der Waals surface area contributed by atoms with Gasteiger partial charge in [0.25, 0.3) is 0 Å². The van der Waals surface area contributed by atoms with Crippen LogP contribution in [0.1, 0.15) is 57.1 Å². The average Bonchev–Trinajstić information content (AvgIpc) is 2.46. The van der Waals surface area contributed by atoms with Gasteiger partial charge in [-0.05, 0) is 72.2 Å². The Hall–Kier alpha value is -0.540. The Kier molecular flexibility index (Phi) is 4.37. The van der Waals surface area contributed by atoms with Gasteiger partial charge < -0.3 is 10.0 Å². The van der Waals surface area contributed by atoms with Crippen LogP contribution >= 0.6 is 15.9 Å². The van der Waals surface area contributed by atoms with Gasteiger partial charge in [-0.1, -0.05) is 18.9 Å². The third-order valence-electron chi connectivity index (χ3n) is 5.01. The van der Waals surface area contributed by atoms with Gasteiger partial charge in [-0.3, -0.25) is 0 Å². The van der Waals surface area contributed by atoms with Crippen LogP contribution in [0.3, 0.4) is 0 Å². The molecular weight excluding hydrogens is 314 g/mol. The van der Waals surface area contributed by atoms with Gasteiger partial charge in [0.2, 0.25) is 0 Å². The van der Waals surface area contributed by atoms with E-state index in [0.29, 0.717) is 0 Å². The molecule has 1 aliphatic heterocycles. The Morgan fingerprint density at radius 2 is 1.95 bits per heavy atom. The highest BCUT2D eigenvalue weighted by molar-refractivity contribution is 9.10. The van der Waals surface area contributed by atoms with Crippen molar-refractivity contribution in [2.75, 3.05) is 11.4 Å². The molecule has 2 nitrogen and oxygen atoms in total. The lowest BCUT2D eigenvalue weighted by molar-refractivity contribution is 0.199. The molecule has 1 saturated carbocycles. The van der Waals surface area contributed by atoms with Crippen molar-refractivity contribution >= 4 is 21.6 Å². The second kappa shape index (κ2) is 6.07. The predicted molar refractivity (Wildman–Crippen MR) is 87.1 cm³/mol. The molecule has 1 saturated heterocycles. The molecule has 1 N–H and O–H groups in total. The minimum Gasteiger partial charge on any atom is -0.389 e. The van der Waals surface area contributed by atoms with Crippen molar-refractivity contribution in [1.82, 2.24) is 0 Å². The molecule has 110 valence electrons. The van der Waals surface area contributed by atoms with E-state index in [1.165, 1.54) is 50.8 Å². The smallest absolute Gasteiger partial charge is 0.0762 e. The van der Waals surface area contributed by atoms with E-state index >= 15 is 0 Å². The normalized spacial score (nSPS) is 28.1. The Bertz CT molecular complexity index is 472. The van der Waals surface area contributed by atoms with Crippen LogP contribution in [0.2, 0.25) is 0 Å². The summed E-state index contributed by atoms with van der Waals surface area (Å²) >= 11 is 3.71. The standard InChI is InChI=1S/C17H24BrNO/c1-12(20)14-8-9-17(15(18)11-14)19-10-4-6-13-5-2-3-7-16(13)19/h8-9,11-13,16,20H,2-7,10H2,1H3/t12-,13?,16?/m1/s1. The number of piperidine rings is 1. The highest BCUT2D eigenvalue weighted by atomic mass is 79.9. The van der Waals surface area contributed by atoms with Gasteiger partial charge in [0.1, 0.15) is 0 Å². The summed E-state index contributed by atoms with van der Waals surface area (Å²) in [5.74, 6) is 0.890. The second-order valence-electron chi connectivity index (χ2n) is 6.33. The summed E-state index contributed by atoms with van der Waals surface area (Å²) in [6, 6.07) is 7.05. The van der Waals surface area contributed by atoms with Crippen molar-refractivity contribution in [1.29, 1.82) is 0 Å². The number of rotatable bonds is 2. The zero-order valence-electron chi connectivity index (χ0n) is 12.2. The summed E-state index contributed by atoms with van der Waals surface area (Å²) in [7, 11) is 0. The van der Waals surface area contributed by atoms with Crippen molar-refractivity contribution in [2.45, 2.75) is 57.6 Å². The SMILES string of the molecule is C[C@@H](O)c1ccc(N2CCCC3CCCCC32)c(Br)c1. The highest BCUT2D eigenvalue weighted by Crippen LogP contribution is 2.40. The van der Waals surface area contributed by atoms with Gasteiger partial charge >= 0.3 is 0 Å². The van der Waals surface area contributed by atoms with E-state index in [1.54, 1.807) is 0 Å². The van der Waals surface area contributed by atoms with Crippen molar-refractivity contribution in [2.24, 2.45) is 5.92 Å². The predicted octanol–water partition coefficient (Wildman–Crippen LogP) is 4.66. The molecular formula is C17H24BrNO. The molecule has 1 aromatic rings. The summed E-state index contributed by atoms with van der Waals surface area (Å²) in [5.41, 5.74) is 2.30. The Morgan fingerprint density at radius 3 is 2.70 bits per heavy atom. The maximum Gasteiger partial charge on any atom is 0.0762 e. The maximum absolute atomic E-state index is 9.70. The number of aliphatic hydroxyl groups is 1. The molecule has 0 radical (unpaired) electrons. The minimum atomic E-state index is -0.399. The molecule has 3 heteroatoms. The van der Waals surface area contributed by atoms with Crippen LogP contribution in [0, 0.1) is 5.92 Å². The van der Waals surface area contributed by atoms with E-state index in [0.717, 1.165) is 22.0 Å². The fourth-order valence-corrected chi connectivity index (χ4v) is 4.56. The van der Waals surface area contributed by atoms with Crippen LogP contribution in [-0.2, 0) is 0 Å². The topological polar surface area (TPSA) is 23.5 Å². The monoisotopic (exact) mass is 337 g/mol. The zero-order chi connectivity index (χ0) is 14.1. The largest absolute Gasteiger partial charge is 0.389 e. The van der Waals surface area contributed by atoms with Crippen LogP contribution < -0.4 is 4.90 Å². The lowest BCUT2D eigenvalue weighted by atomic mass is 9.78. The first-order valence-electron chi connectivity index (χ1n) is 7.91. The summed E-state index contributed by atoms with van der Waals surface area (Å²) in [6.45, 7) is 2.99. The number of fused-ring (bicyclic) bond motifs is 1. The molecule has 2 unspecified atom stereocenters. The van der Waals surface area contributed by atoms with Crippen molar-refractivity contribution in [3.63, 3.8) is 0 Å². The van der Waals surface area contributed by atoms with Crippen LogP contribution in [-0.4, -0.2) is 17.7 Å². The van der Waals surface area contributed by atoms with Crippen LogP contribution in [0.4, 0.5) is 5.69 Å². The van der Waals surface area contributed by atoms with E-state index in [-0.39, 0.29) is 0 Å². The van der Waals surface area contributed by atoms with Crippen LogP contribution in [0.5, 0.6) is 0 Å². The third-order valence-corrected chi connectivity index (χ3v) is 5.64. The highest BCUT2D eigenvalue weighted by Gasteiger charge is 2.33. The lowest BCUT2D eigenvalue weighted by Crippen LogP contribution is -2.47.